The van der Waals surface area contributed by atoms with Crippen LogP contribution in [0, 0.1) is 13.8 Å². The Morgan fingerprint density at radius 2 is 1.76 bits per heavy atom. The summed E-state index contributed by atoms with van der Waals surface area (Å²) in [6.07, 6.45) is 0. The summed E-state index contributed by atoms with van der Waals surface area (Å²) in [5.41, 5.74) is 2.71. The van der Waals surface area contributed by atoms with Crippen molar-refractivity contribution in [1.82, 2.24) is 10.2 Å². The largest absolute Gasteiger partial charge is 0.465 e. The Morgan fingerprint density at radius 3 is 2.38 bits per heavy atom. The summed E-state index contributed by atoms with van der Waals surface area (Å²) in [5.74, 6) is -0.686. The summed E-state index contributed by atoms with van der Waals surface area (Å²) in [7, 11) is 1.32. The number of nitrogens with one attached hydrogen (secondary N) is 1. The lowest BCUT2D eigenvalue weighted by molar-refractivity contribution is 0.0600. The molecule has 1 aromatic heterocycles. The van der Waals surface area contributed by atoms with Crippen LogP contribution in [0.3, 0.4) is 0 Å². The first-order chi connectivity index (χ1) is 10.0. The van der Waals surface area contributed by atoms with Crippen molar-refractivity contribution >= 4 is 17.6 Å². The van der Waals surface area contributed by atoms with Crippen LogP contribution in [-0.4, -0.2) is 29.2 Å². The van der Waals surface area contributed by atoms with Crippen LogP contribution in [-0.2, 0) is 4.74 Å². The second-order valence-corrected chi connectivity index (χ2v) is 4.51. The van der Waals surface area contributed by atoms with Gasteiger partial charge in [-0.3, -0.25) is 4.79 Å². The van der Waals surface area contributed by atoms with Crippen LogP contribution in [0.25, 0.3) is 0 Å². The molecule has 2 rings (SSSR count). The monoisotopic (exact) mass is 285 g/mol. The predicted molar refractivity (Wildman–Crippen MR) is 77.2 cm³/mol. The number of carbonyl (C=O) groups excluding carboxylic acids is 2. The van der Waals surface area contributed by atoms with E-state index in [1.54, 1.807) is 44.2 Å². The smallest absolute Gasteiger partial charge is 0.337 e. The van der Waals surface area contributed by atoms with Gasteiger partial charge in [0.2, 0.25) is 0 Å². The molecule has 0 aliphatic rings. The Bertz CT molecular complexity index is 681. The highest BCUT2D eigenvalue weighted by Crippen LogP contribution is 2.13. The second-order valence-electron chi connectivity index (χ2n) is 4.51. The first kappa shape index (κ1) is 14.6. The molecule has 21 heavy (non-hydrogen) atoms. The molecule has 1 heterocycles. The minimum atomic E-state index is -0.419. The third kappa shape index (κ3) is 3.42. The molecular weight excluding hydrogens is 270 g/mol. The third-order valence-electron chi connectivity index (χ3n) is 2.91. The maximum atomic E-state index is 12.2. The number of benzene rings is 1. The van der Waals surface area contributed by atoms with Crippen LogP contribution in [0.2, 0.25) is 0 Å². The van der Waals surface area contributed by atoms with E-state index in [0.717, 1.165) is 0 Å². The molecule has 1 amide bonds. The quantitative estimate of drug-likeness (QED) is 0.874. The van der Waals surface area contributed by atoms with Crippen molar-refractivity contribution in [2.75, 3.05) is 12.4 Å². The fourth-order valence-corrected chi connectivity index (χ4v) is 1.79. The molecule has 1 N–H and O–H groups in total. The first-order valence-electron chi connectivity index (χ1n) is 6.32. The number of carbonyl (C=O) groups is 2. The summed E-state index contributed by atoms with van der Waals surface area (Å²) in [4.78, 5) is 23.5. The standard InChI is InChI=1S/C15H15N3O3/c1-9-8-13(10(2)18-17-9)14(19)16-12-6-4-11(5-7-12)15(20)21-3/h4-8H,1-3H3,(H,16,19). The Kier molecular flexibility index (Phi) is 4.27. The summed E-state index contributed by atoms with van der Waals surface area (Å²) < 4.78 is 4.61. The van der Waals surface area contributed by atoms with Crippen molar-refractivity contribution in [3.8, 4) is 0 Å². The minimum absolute atomic E-state index is 0.267. The highest BCUT2D eigenvalue weighted by atomic mass is 16.5. The van der Waals surface area contributed by atoms with Gasteiger partial charge in [0.15, 0.2) is 0 Å². The van der Waals surface area contributed by atoms with Crippen LogP contribution in [0.4, 0.5) is 5.69 Å². The Hall–Kier alpha value is -2.76. The number of rotatable bonds is 3. The van der Waals surface area contributed by atoms with Gasteiger partial charge in [-0.2, -0.15) is 10.2 Å². The topological polar surface area (TPSA) is 81.2 Å². The lowest BCUT2D eigenvalue weighted by atomic mass is 10.1. The molecule has 108 valence electrons. The molecular formula is C15H15N3O3. The summed E-state index contributed by atoms with van der Waals surface area (Å²) in [6.45, 7) is 3.50. The molecule has 2 aromatic rings. The zero-order valence-corrected chi connectivity index (χ0v) is 12.0. The molecule has 0 aliphatic heterocycles. The van der Waals surface area contributed by atoms with Crippen molar-refractivity contribution in [3.05, 3.63) is 52.8 Å². The molecule has 1 aromatic carbocycles. The van der Waals surface area contributed by atoms with Crippen molar-refractivity contribution in [2.24, 2.45) is 0 Å². The van der Waals surface area contributed by atoms with E-state index in [1.807, 2.05) is 0 Å². The maximum Gasteiger partial charge on any atom is 0.337 e. The molecule has 0 bridgehead atoms. The van der Waals surface area contributed by atoms with Crippen molar-refractivity contribution in [2.45, 2.75) is 13.8 Å². The lowest BCUT2D eigenvalue weighted by Crippen LogP contribution is -2.15. The van der Waals surface area contributed by atoms with E-state index in [0.29, 0.717) is 28.2 Å². The summed E-state index contributed by atoms with van der Waals surface area (Å²) in [6, 6.07) is 8.14. The van der Waals surface area contributed by atoms with Gasteiger partial charge in [0.1, 0.15) is 0 Å². The SMILES string of the molecule is COC(=O)c1ccc(NC(=O)c2cc(C)nnc2C)cc1. The van der Waals surface area contributed by atoms with E-state index in [-0.39, 0.29) is 5.91 Å². The molecule has 0 fully saturated rings. The van der Waals surface area contributed by atoms with E-state index in [9.17, 15) is 9.59 Å². The van der Waals surface area contributed by atoms with Crippen molar-refractivity contribution in [1.29, 1.82) is 0 Å². The molecule has 0 spiro atoms. The lowest BCUT2D eigenvalue weighted by Gasteiger charge is -2.08. The van der Waals surface area contributed by atoms with Gasteiger partial charge in [-0.25, -0.2) is 4.79 Å². The van der Waals surface area contributed by atoms with E-state index in [1.165, 1.54) is 7.11 Å². The van der Waals surface area contributed by atoms with Crippen molar-refractivity contribution in [3.63, 3.8) is 0 Å². The normalized spacial score (nSPS) is 10.0. The van der Waals surface area contributed by atoms with E-state index in [2.05, 4.69) is 20.3 Å². The third-order valence-corrected chi connectivity index (χ3v) is 2.91. The molecule has 0 unspecified atom stereocenters. The zero-order chi connectivity index (χ0) is 15.4. The molecule has 6 nitrogen and oxygen atoms in total. The van der Waals surface area contributed by atoms with Gasteiger partial charge < -0.3 is 10.1 Å². The number of nitrogens with zero attached hydrogens (tertiary/aromatic N) is 2. The predicted octanol–water partition coefficient (Wildman–Crippen LogP) is 2.13. The number of amides is 1. The van der Waals surface area contributed by atoms with Crippen LogP contribution in [0.1, 0.15) is 32.1 Å². The van der Waals surface area contributed by atoms with Gasteiger partial charge >= 0.3 is 5.97 Å². The van der Waals surface area contributed by atoms with Gasteiger partial charge in [0, 0.05) is 5.69 Å². The maximum absolute atomic E-state index is 12.2. The summed E-state index contributed by atoms with van der Waals surface area (Å²) in [5, 5.41) is 10.6. The van der Waals surface area contributed by atoms with Crippen LogP contribution in [0.5, 0.6) is 0 Å². The molecule has 0 saturated heterocycles. The molecule has 0 aliphatic carbocycles. The number of aryl methyl sites for hydroxylation is 2. The van der Waals surface area contributed by atoms with Crippen LogP contribution < -0.4 is 5.32 Å². The van der Waals surface area contributed by atoms with E-state index < -0.39 is 5.97 Å². The number of methoxy groups -OCH3 is 1. The fourth-order valence-electron chi connectivity index (χ4n) is 1.79. The number of aromatic nitrogens is 2. The van der Waals surface area contributed by atoms with Crippen molar-refractivity contribution < 1.29 is 14.3 Å². The highest BCUT2D eigenvalue weighted by molar-refractivity contribution is 6.05. The molecule has 6 heteroatoms. The van der Waals surface area contributed by atoms with Crippen LogP contribution >= 0.6 is 0 Å². The van der Waals surface area contributed by atoms with Gasteiger partial charge in [0.25, 0.3) is 5.91 Å². The highest BCUT2D eigenvalue weighted by Gasteiger charge is 2.12. The number of esters is 1. The Balaban J connectivity index is 2.16. The number of ether oxygens (including phenoxy) is 1. The van der Waals surface area contributed by atoms with E-state index in [4.69, 9.17) is 0 Å². The Labute approximate surface area is 122 Å². The zero-order valence-electron chi connectivity index (χ0n) is 12.0. The number of anilines is 1. The molecule has 0 saturated carbocycles. The van der Waals surface area contributed by atoms with Gasteiger partial charge in [-0.15, -0.1) is 0 Å². The van der Waals surface area contributed by atoms with E-state index >= 15 is 0 Å². The average Bonchev–Trinajstić information content (AvgIpc) is 2.49. The van der Waals surface area contributed by atoms with Gasteiger partial charge in [-0.05, 0) is 44.2 Å². The molecule has 0 radical (unpaired) electrons. The molecule has 0 atom stereocenters. The fraction of sp³-hybridized carbons (Fsp3) is 0.200. The van der Waals surface area contributed by atoms with Crippen LogP contribution in [0.15, 0.2) is 30.3 Å². The van der Waals surface area contributed by atoms with Gasteiger partial charge in [0.05, 0.1) is 29.6 Å². The number of hydrogen-bond donors (Lipinski definition) is 1. The average molecular weight is 285 g/mol. The summed E-state index contributed by atoms with van der Waals surface area (Å²) >= 11 is 0. The Morgan fingerprint density at radius 1 is 1.10 bits per heavy atom. The van der Waals surface area contributed by atoms with Gasteiger partial charge in [-0.1, -0.05) is 0 Å². The second kappa shape index (κ2) is 6.13. The first-order valence-corrected chi connectivity index (χ1v) is 6.32. The minimum Gasteiger partial charge on any atom is -0.465 e. The number of hydrogen-bond acceptors (Lipinski definition) is 5.